The van der Waals surface area contributed by atoms with Gasteiger partial charge in [0.2, 0.25) is 0 Å². The van der Waals surface area contributed by atoms with E-state index in [0.717, 1.165) is 11.3 Å². The molecule has 0 bridgehead atoms. The Hall–Kier alpha value is -1.20. The lowest BCUT2D eigenvalue weighted by Gasteiger charge is -2.19. The van der Waals surface area contributed by atoms with Gasteiger partial charge in [-0.15, -0.1) is 0 Å². The molecule has 96 valence electrons. The molecule has 0 saturated heterocycles. The Morgan fingerprint density at radius 1 is 1.35 bits per heavy atom. The summed E-state index contributed by atoms with van der Waals surface area (Å²) in [5.74, 6) is -2.36. The van der Waals surface area contributed by atoms with E-state index in [9.17, 15) is 8.78 Å². The van der Waals surface area contributed by atoms with E-state index < -0.39 is 19.1 Å². The number of hydrogen-bond acceptors (Lipinski definition) is 3. The third-order valence-corrected chi connectivity index (χ3v) is 2.51. The summed E-state index contributed by atoms with van der Waals surface area (Å²) in [6.07, 6.45) is 0. The van der Waals surface area contributed by atoms with Crippen molar-refractivity contribution < 1.29 is 18.6 Å². The van der Waals surface area contributed by atoms with E-state index >= 15 is 0 Å². The van der Waals surface area contributed by atoms with Crippen LogP contribution in [0.25, 0.3) is 0 Å². The van der Waals surface area contributed by atoms with Crippen molar-refractivity contribution in [2.24, 2.45) is 0 Å². The molecule has 1 atom stereocenters. The fourth-order valence-corrected chi connectivity index (χ4v) is 1.37. The van der Waals surface area contributed by atoms with Gasteiger partial charge in [-0.25, -0.2) is 8.78 Å². The van der Waals surface area contributed by atoms with Crippen LogP contribution in [0.2, 0.25) is 0 Å². The summed E-state index contributed by atoms with van der Waals surface area (Å²) < 4.78 is 30.6. The van der Waals surface area contributed by atoms with Crippen LogP contribution in [0.3, 0.4) is 0 Å². The molecule has 1 aromatic carbocycles. The zero-order valence-corrected chi connectivity index (χ0v) is 9.91. The molecule has 0 saturated carbocycles. The predicted octanol–water partition coefficient (Wildman–Crippen LogP) is 1.97. The van der Waals surface area contributed by atoms with Crippen LogP contribution in [-0.2, 0) is 0 Å². The maximum absolute atomic E-state index is 12.8. The standard InChI is InChI=1S/C12H17F2NO2/c1-9(15-7-12(13,14)8-16)10-3-5-11(17-2)6-4-10/h3-6,9,15-16H,7-8H2,1-2H3. The maximum atomic E-state index is 12.8. The second-order valence-corrected chi connectivity index (χ2v) is 3.89. The minimum absolute atomic E-state index is 0.210. The Bertz CT molecular complexity index is 341. The third kappa shape index (κ3) is 4.28. The van der Waals surface area contributed by atoms with Gasteiger partial charge in [0.15, 0.2) is 0 Å². The number of rotatable bonds is 6. The van der Waals surface area contributed by atoms with Gasteiger partial charge in [-0.3, -0.25) is 0 Å². The quantitative estimate of drug-likeness (QED) is 0.805. The number of methoxy groups -OCH3 is 1. The Balaban J connectivity index is 2.54. The number of benzene rings is 1. The fourth-order valence-electron chi connectivity index (χ4n) is 1.37. The summed E-state index contributed by atoms with van der Waals surface area (Å²) in [5.41, 5.74) is 0.888. The largest absolute Gasteiger partial charge is 0.497 e. The normalized spacial score (nSPS) is 13.5. The number of nitrogens with one attached hydrogen (secondary N) is 1. The molecule has 1 unspecified atom stereocenters. The number of hydrogen-bond donors (Lipinski definition) is 2. The molecule has 0 aliphatic rings. The summed E-state index contributed by atoms with van der Waals surface area (Å²) >= 11 is 0. The topological polar surface area (TPSA) is 41.5 Å². The molecule has 5 heteroatoms. The van der Waals surface area contributed by atoms with Crippen LogP contribution in [0.4, 0.5) is 8.78 Å². The molecule has 0 aliphatic heterocycles. The van der Waals surface area contributed by atoms with Crippen molar-refractivity contribution in [3.63, 3.8) is 0 Å². The first-order valence-electron chi connectivity index (χ1n) is 5.34. The van der Waals surface area contributed by atoms with Gasteiger partial charge in [0.25, 0.3) is 5.92 Å². The van der Waals surface area contributed by atoms with Crippen LogP contribution in [-0.4, -0.2) is 31.3 Å². The molecule has 0 radical (unpaired) electrons. The minimum Gasteiger partial charge on any atom is -0.497 e. The van der Waals surface area contributed by atoms with E-state index in [1.165, 1.54) is 0 Å². The SMILES string of the molecule is COc1ccc(C(C)NCC(F)(F)CO)cc1. The van der Waals surface area contributed by atoms with Crippen LogP contribution < -0.4 is 10.1 Å². The second kappa shape index (κ2) is 5.93. The van der Waals surface area contributed by atoms with Gasteiger partial charge in [0, 0.05) is 6.04 Å². The number of ether oxygens (including phenoxy) is 1. The van der Waals surface area contributed by atoms with Crippen molar-refractivity contribution >= 4 is 0 Å². The Morgan fingerprint density at radius 3 is 2.41 bits per heavy atom. The Kier molecular flexibility index (Phi) is 4.84. The minimum atomic E-state index is -3.08. The average molecular weight is 245 g/mol. The first-order chi connectivity index (χ1) is 7.98. The van der Waals surface area contributed by atoms with Crippen LogP contribution in [0, 0.1) is 0 Å². The van der Waals surface area contributed by atoms with Crippen LogP contribution in [0.15, 0.2) is 24.3 Å². The van der Waals surface area contributed by atoms with E-state index in [2.05, 4.69) is 5.32 Å². The number of aliphatic hydroxyl groups excluding tert-OH is 1. The molecule has 0 aliphatic carbocycles. The molecule has 0 heterocycles. The molecule has 0 spiro atoms. The molecular weight excluding hydrogens is 228 g/mol. The van der Waals surface area contributed by atoms with Crippen LogP contribution in [0.5, 0.6) is 5.75 Å². The van der Waals surface area contributed by atoms with E-state index in [1.54, 1.807) is 26.2 Å². The first kappa shape index (κ1) is 13.9. The summed E-state index contributed by atoms with van der Waals surface area (Å²) in [4.78, 5) is 0. The van der Waals surface area contributed by atoms with Crippen LogP contribution in [0.1, 0.15) is 18.5 Å². The molecule has 3 nitrogen and oxygen atoms in total. The van der Waals surface area contributed by atoms with Crippen molar-refractivity contribution in [1.82, 2.24) is 5.32 Å². The van der Waals surface area contributed by atoms with Gasteiger partial charge in [-0.2, -0.15) is 0 Å². The lowest BCUT2D eigenvalue weighted by Crippen LogP contribution is -2.37. The fraction of sp³-hybridized carbons (Fsp3) is 0.500. The molecule has 0 amide bonds. The van der Waals surface area contributed by atoms with Gasteiger partial charge >= 0.3 is 0 Å². The van der Waals surface area contributed by atoms with Gasteiger partial charge in [-0.1, -0.05) is 12.1 Å². The molecule has 1 rings (SSSR count). The van der Waals surface area contributed by atoms with Crippen molar-refractivity contribution in [3.05, 3.63) is 29.8 Å². The second-order valence-electron chi connectivity index (χ2n) is 3.89. The highest BCUT2D eigenvalue weighted by Gasteiger charge is 2.27. The van der Waals surface area contributed by atoms with Gasteiger partial charge in [0.05, 0.1) is 13.7 Å². The van der Waals surface area contributed by atoms with Crippen LogP contribution >= 0.6 is 0 Å². The highest BCUT2D eigenvalue weighted by atomic mass is 19.3. The first-order valence-corrected chi connectivity index (χ1v) is 5.34. The Morgan fingerprint density at radius 2 is 1.94 bits per heavy atom. The van der Waals surface area contributed by atoms with E-state index in [0.29, 0.717) is 0 Å². The van der Waals surface area contributed by atoms with Crippen molar-refractivity contribution in [2.75, 3.05) is 20.3 Å². The number of alkyl halides is 2. The van der Waals surface area contributed by atoms with Gasteiger partial charge in [0.1, 0.15) is 12.4 Å². The molecule has 1 aromatic rings. The lowest BCUT2D eigenvalue weighted by molar-refractivity contribution is -0.0490. The van der Waals surface area contributed by atoms with E-state index in [4.69, 9.17) is 9.84 Å². The van der Waals surface area contributed by atoms with E-state index in [1.807, 2.05) is 12.1 Å². The van der Waals surface area contributed by atoms with E-state index in [-0.39, 0.29) is 6.04 Å². The Labute approximate surface area is 99.4 Å². The predicted molar refractivity (Wildman–Crippen MR) is 61.4 cm³/mol. The van der Waals surface area contributed by atoms with Crippen molar-refractivity contribution in [1.29, 1.82) is 0 Å². The molecule has 0 fully saturated rings. The lowest BCUT2D eigenvalue weighted by atomic mass is 10.1. The molecule has 17 heavy (non-hydrogen) atoms. The summed E-state index contributed by atoms with van der Waals surface area (Å²) in [6.45, 7) is 0.0985. The van der Waals surface area contributed by atoms with Gasteiger partial charge in [-0.05, 0) is 24.6 Å². The van der Waals surface area contributed by atoms with Gasteiger partial charge < -0.3 is 15.2 Å². The average Bonchev–Trinajstić information content (AvgIpc) is 2.36. The maximum Gasteiger partial charge on any atom is 0.282 e. The smallest absolute Gasteiger partial charge is 0.282 e. The third-order valence-electron chi connectivity index (χ3n) is 2.51. The highest BCUT2D eigenvalue weighted by molar-refractivity contribution is 5.28. The molecular formula is C12H17F2NO2. The molecule has 0 aromatic heterocycles. The van der Waals surface area contributed by atoms with Crippen molar-refractivity contribution in [3.8, 4) is 5.75 Å². The highest BCUT2D eigenvalue weighted by Crippen LogP contribution is 2.18. The summed E-state index contributed by atoms with van der Waals surface area (Å²) in [7, 11) is 1.57. The zero-order chi connectivity index (χ0) is 12.9. The molecule has 2 N–H and O–H groups in total. The number of aliphatic hydroxyl groups is 1. The van der Waals surface area contributed by atoms with Crippen molar-refractivity contribution in [2.45, 2.75) is 18.9 Å². The summed E-state index contributed by atoms with van der Waals surface area (Å²) in [6, 6.07) is 6.97. The number of halogens is 2. The zero-order valence-electron chi connectivity index (χ0n) is 9.91. The monoisotopic (exact) mass is 245 g/mol. The summed E-state index contributed by atoms with van der Waals surface area (Å²) in [5, 5.41) is 11.1.